The molecule has 0 radical (unpaired) electrons. The van der Waals surface area contributed by atoms with Crippen LogP contribution in [0.15, 0.2) is 24.5 Å². The number of pyridine rings is 1. The van der Waals surface area contributed by atoms with Gasteiger partial charge in [-0.15, -0.1) is 0 Å². The maximum Gasteiger partial charge on any atom is 0.311 e. The molecule has 0 amide bonds. The van der Waals surface area contributed by atoms with Crippen molar-refractivity contribution in [3.05, 3.63) is 24.5 Å². The number of ether oxygens (including phenoxy) is 1. The highest BCUT2D eigenvalue weighted by molar-refractivity contribution is 5.72. The van der Waals surface area contributed by atoms with Gasteiger partial charge in [0.1, 0.15) is 5.75 Å². The lowest BCUT2D eigenvalue weighted by Crippen LogP contribution is -2.06. The zero-order valence-electron chi connectivity index (χ0n) is 6.99. The molecule has 0 fully saturated rings. The van der Waals surface area contributed by atoms with Crippen LogP contribution in [-0.2, 0) is 4.79 Å². The Balaban J connectivity index is 2.47. The first-order valence-corrected chi connectivity index (χ1v) is 3.93. The molecule has 3 nitrogen and oxygen atoms in total. The lowest BCUT2D eigenvalue weighted by Gasteiger charge is -2.00. The molecule has 64 valence electrons. The number of nitrogens with zero attached hydrogens (tertiary/aromatic N) is 1. The average Bonchev–Trinajstić information content (AvgIpc) is 2.06. The van der Waals surface area contributed by atoms with Crippen molar-refractivity contribution in [2.24, 2.45) is 0 Å². The molecule has 0 N–H and O–H groups in total. The fourth-order valence-corrected chi connectivity index (χ4v) is 0.793. The van der Waals surface area contributed by atoms with E-state index in [1.54, 1.807) is 24.5 Å². The smallest absolute Gasteiger partial charge is 0.311 e. The van der Waals surface area contributed by atoms with Crippen LogP contribution < -0.4 is 4.74 Å². The standard InChI is InChI=1S/C9H11NO2/c1-2-3-9(11)12-8-4-6-10-7-5-8/h4-7H,2-3H2,1H3. The van der Waals surface area contributed by atoms with Crippen molar-refractivity contribution in [2.45, 2.75) is 19.8 Å². The van der Waals surface area contributed by atoms with Gasteiger partial charge in [-0.25, -0.2) is 0 Å². The van der Waals surface area contributed by atoms with Crippen molar-refractivity contribution < 1.29 is 9.53 Å². The molecule has 3 heteroatoms. The topological polar surface area (TPSA) is 39.2 Å². The molecule has 1 aromatic rings. The molecule has 0 unspecified atom stereocenters. The maximum atomic E-state index is 11.0. The Morgan fingerprint density at radius 2 is 2.17 bits per heavy atom. The first-order chi connectivity index (χ1) is 5.83. The van der Waals surface area contributed by atoms with E-state index in [0.29, 0.717) is 12.2 Å². The number of rotatable bonds is 3. The Hall–Kier alpha value is -1.38. The molecule has 12 heavy (non-hydrogen) atoms. The molecule has 1 aromatic heterocycles. The minimum atomic E-state index is -0.191. The zero-order chi connectivity index (χ0) is 8.81. The van der Waals surface area contributed by atoms with E-state index >= 15 is 0 Å². The van der Waals surface area contributed by atoms with Crippen LogP contribution in [0.4, 0.5) is 0 Å². The molecule has 0 bridgehead atoms. The fourth-order valence-electron chi connectivity index (χ4n) is 0.793. The number of aromatic nitrogens is 1. The summed E-state index contributed by atoms with van der Waals surface area (Å²) in [4.78, 5) is 14.8. The number of hydrogen-bond donors (Lipinski definition) is 0. The van der Waals surface area contributed by atoms with E-state index in [9.17, 15) is 4.79 Å². The first kappa shape index (κ1) is 8.71. The molecule has 1 rings (SSSR count). The highest BCUT2D eigenvalue weighted by atomic mass is 16.5. The molecule has 1 heterocycles. The van der Waals surface area contributed by atoms with E-state index in [4.69, 9.17) is 4.74 Å². The SMILES string of the molecule is CCCC(=O)Oc1ccncc1. The van der Waals surface area contributed by atoms with Gasteiger partial charge >= 0.3 is 5.97 Å². The van der Waals surface area contributed by atoms with Crippen LogP contribution in [0.25, 0.3) is 0 Å². The second kappa shape index (κ2) is 4.49. The minimum absolute atomic E-state index is 0.191. The van der Waals surface area contributed by atoms with Gasteiger partial charge in [0, 0.05) is 18.8 Å². The monoisotopic (exact) mass is 165 g/mol. The number of esters is 1. The summed E-state index contributed by atoms with van der Waals surface area (Å²) < 4.78 is 4.98. The number of carbonyl (C=O) groups is 1. The summed E-state index contributed by atoms with van der Waals surface area (Å²) >= 11 is 0. The first-order valence-electron chi connectivity index (χ1n) is 3.93. The molecule has 0 aliphatic rings. The average molecular weight is 165 g/mol. The van der Waals surface area contributed by atoms with Gasteiger partial charge in [-0.3, -0.25) is 9.78 Å². The van der Waals surface area contributed by atoms with Gasteiger partial charge in [0.2, 0.25) is 0 Å². The van der Waals surface area contributed by atoms with Crippen molar-refractivity contribution in [2.75, 3.05) is 0 Å². The summed E-state index contributed by atoms with van der Waals surface area (Å²) in [5.41, 5.74) is 0. The van der Waals surface area contributed by atoms with Gasteiger partial charge in [-0.1, -0.05) is 6.92 Å². The molecule has 0 aromatic carbocycles. The Bertz CT molecular complexity index is 246. The highest BCUT2D eigenvalue weighted by Gasteiger charge is 2.01. The van der Waals surface area contributed by atoms with Gasteiger partial charge in [0.25, 0.3) is 0 Å². The van der Waals surface area contributed by atoms with Gasteiger partial charge < -0.3 is 4.74 Å². The Labute approximate surface area is 71.4 Å². The lowest BCUT2D eigenvalue weighted by molar-refractivity contribution is -0.134. The highest BCUT2D eigenvalue weighted by Crippen LogP contribution is 2.07. The molecule has 0 aliphatic carbocycles. The Morgan fingerprint density at radius 1 is 1.50 bits per heavy atom. The summed E-state index contributed by atoms with van der Waals surface area (Å²) in [6.07, 6.45) is 4.45. The van der Waals surface area contributed by atoms with E-state index in [1.165, 1.54) is 0 Å². The van der Waals surface area contributed by atoms with Crippen molar-refractivity contribution in [1.82, 2.24) is 4.98 Å². The number of hydrogen-bond acceptors (Lipinski definition) is 3. The van der Waals surface area contributed by atoms with Crippen molar-refractivity contribution in [3.8, 4) is 5.75 Å². The van der Waals surface area contributed by atoms with Gasteiger partial charge in [-0.2, -0.15) is 0 Å². The quantitative estimate of drug-likeness (QED) is 0.641. The normalized spacial score (nSPS) is 9.42. The van der Waals surface area contributed by atoms with E-state index in [0.717, 1.165) is 6.42 Å². The number of carbonyl (C=O) groups excluding carboxylic acids is 1. The van der Waals surface area contributed by atoms with E-state index in [2.05, 4.69) is 4.98 Å². The van der Waals surface area contributed by atoms with Gasteiger partial charge in [-0.05, 0) is 18.6 Å². The van der Waals surface area contributed by atoms with Crippen molar-refractivity contribution in [3.63, 3.8) is 0 Å². The molecule has 0 aliphatic heterocycles. The Kier molecular flexibility index (Phi) is 3.26. The van der Waals surface area contributed by atoms with E-state index in [1.807, 2.05) is 6.92 Å². The van der Waals surface area contributed by atoms with E-state index < -0.39 is 0 Å². The van der Waals surface area contributed by atoms with Crippen LogP contribution >= 0.6 is 0 Å². The van der Waals surface area contributed by atoms with Crippen LogP contribution in [0.2, 0.25) is 0 Å². The summed E-state index contributed by atoms with van der Waals surface area (Å²) in [5, 5.41) is 0. The third-order valence-electron chi connectivity index (χ3n) is 1.34. The molecular formula is C9H11NO2. The predicted molar refractivity (Wildman–Crippen MR) is 44.8 cm³/mol. The van der Waals surface area contributed by atoms with Crippen LogP contribution in [0.3, 0.4) is 0 Å². The van der Waals surface area contributed by atoms with Crippen molar-refractivity contribution >= 4 is 5.97 Å². The molecular weight excluding hydrogens is 154 g/mol. The van der Waals surface area contributed by atoms with Crippen molar-refractivity contribution in [1.29, 1.82) is 0 Å². The fraction of sp³-hybridized carbons (Fsp3) is 0.333. The van der Waals surface area contributed by atoms with Crippen LogP contribution in [0.1, 0.15) is 19.8 Å². The van der Waals surface area contributed by atoms with Crippen LogP contribution in [0, 0.1) is 0 Å². The summed E-state index contributed by atoms with van der Waals surface area (Å²) in [5.74, 6) is 0.368. The summed E-state index contributed by atoms with van der Waals surface area (Å²) in [7, 11) is 0. The van der Waals surface area contributed by atoms with Crippen LogP contribution in [-0.4, -0.2) is 11.0 Å². The third-order valence-corrected chi connectivity index (χ3v) is 1.34. The minimum Gasteiger partial charge on any atom is -0.426 e. The summed E-state index contributed by atoms with van der Waals surface area (Å²) in [6.45, 7) is 1.94. The molecule has 0 saturated carbocycles. The molecule has 0 saturated heterocycles. The largest absolute Gasteiger partial charge is 0.426 e. The second-order valence-corrected chi connectivity index (χ2v) is 2.41. The lowest BCUT2D eigenvalue weighted by atomic mass is 10.3. The second-order valence-electron chi connectivity index (χ2n) is 2.41. The zero-order valence-corrected chi connectivity index (χ0v) is 6.99. The van der Waals surface area contributed by atoms with Crippen LogP contribution in [0.5, 0.6) is 5.75 Å². The predicted octanol–water partition coefficient (Wildman–Crippen LogP) is 1.79. The van der Waals surface area contributed by atoms with E-state index in [-0.39, 0.29) is 5.97 Å². The Morgan fingerprint density at radius 3 is 2.75 bits per heavy atom. The molecule has 0 spiro atoms. The van der Waals surface area contributed by atoms with Gasteiger partial charge in [0.05, 0.1) is 0 Å². The summed E-state index contributed by atoms with van der Waals surface area (Å²) in [6, 6.07) is 3.32. The third kappa shape index (κ3) is 2.70. The molecule has 0 atom stereocenters. The van der Waals surface area contributed by atoms with Gasteiger partial charge in [0.15, 0.2) is 0 Å². The maximum absolute atomic E-state index is 11.0.